The van der Waals surface area contributed by atoms with E-state index < -0.39 is 24.9 Å². The lowest BCUT2D eigenvalue weighted by atomic mass is 9.97. The van der Waals surface area contributed by atoms with E-state index in [9.17, 15) is 18.0 Å². The van der Waals surface area contributed by atoms with Crippen molar-refractivity contribution in [3.05, 3.63) is 84.2 Å². The molecule has 0 atom stereocenters. The van der Waals surface area contributed by atoms with Crippen LogP contribution in [0.15, 0.2) is 72.9 Å². The topological polar surface area (TPSA) is 84.7 Å². The number of aryl methyl sites for hydroxylation is 1. The number of carbonyl (C=O) groups is 1. The number of hydrogen-bond donors (Lipinski definition) is 1. The second kappa shape index (κ2) is 11.4. The molecule has 1 saturated heterocycles. The fourth-order valence-corrected chi connectivity index (χ4v) is 5.29. The minimum atomic E-state index is -4.46. The van der Waals surface area contributed by atoms with Crippen molar-refractivity contribution >= 4 is 22.8 Å². The van der Waals surface area contributed by atoms with Crippen molar-refractivity contribution in [2.75, 3.05) is 19.6 Å². The van der Waals surface area contributed by atoms with Crippen LogP contribution in [-0.2, 0) is 11.3 Å². The number of amides is 1. The maximum absolute atomic E-state index is 12.3. The molecule has 8 nitrogen and oxygen atoms in total. The van der Waals surface area contributed by atoms with Gasteiger partial charge in [0.25, 0.3) is 0 Å². The van der Waals surface area contributed by atoms with Crippen molar-refractivity contribution in [2.24, 2.45) is 0 Å². The number of halogens is 3. The lowest BCUT2D eigenvalue weighted by Gasteiger charge is -2.31. The zero-order valence-corrected chi connectivity index (χ0v) is 22.9. The Balaban J connectivity index is 1.18. The van der Waals surface area contributed by atoms with E-state index in [1.54, 1.807) is 9.83 Å². The number of nitrogens with zero attached hydrogens (tertiary/aromatic N) is 5. The summed E-state index contributed by atoms with van der Waals surface area (Å²) in [5.41, 5.74) is 7.36. The molecule has 1 aliphatic heterocycles. The second-order valence-corrected chi connectivity index (χ2v) is 10.5. The minimum Gasteiger partial charge on any atom is -0.446 e. The normalized spacial score (nSPS) is 14.9. The van der Waals surface area contributed by atoms with Crippen LogP contribution < -0.4 is 5.32 Å². The van der Waals surface area contributed by atoms with Gasteiger partial charge in [0.1, 0.15) is 12.6 Å². The second-order valence-electron chi connectivity index (χ2n) is 10.5. The molecule has 42 heavy (non-hydrogen) atoms. The highest BCUT2D eigenvalue weighted by atomic mass is 19.4. The molecular weight excluding hydrogens is 545 g/mol. The molecule has 4 heterocycles. The molecule has 6 rings (SSSR count). The number of ether oxygens (including phenoxy) is 1. The summed E-state index contributed by atoms with van der Waals surface area (Å²) in [5, 5.41) is 7.27. The largest absolute Gasteiger partial charge is 0.446 e. The van der Waals surface area contributed by atoms with Crippen LogP contribution in [0.3, 0.4) is 0 Å². The molecule has 216 valence electrons. The molecular formula is C31H29F3N6O2. The van der Waals surface area contributed by atoms with E-state index >= 15 is 0 Å². The summed E-state index contributed by atoms with van der Waals surface area (Å²) >= 11 is 0. The van der Waals surface area contributed by atoms with Crippen molar-refractivity contribution in [3.8, 4) is 22.4 Å². The van der Waals surface area contributed by atoms with E-state index in [2.05, 4.69) is 57.4 Å². The highest BCUT2D eigenvalue weighted by Crippen LogP contribution is 2.34. The molecule has 5 aromatic rings. The Morgan fingerprint density at radius 1 is 1.02 bits per heavy atom. The quantitative estimate of drug-likeness (QED) is 0.261. The molecule has 0 radical (unpaired) electrons. The standard InChI is InChI=1S/C31H29F3N6O2/c1-20-15-27-35-17-24-16-26(22-5-3-2-4-6-22)28(37-29(24)40(27)38-20)23-9-7-21(8-10-23)18-39-13-11-25(12-14-39)42-30(41)36-19-31(32,33)34/h2-10,15-17,25H,11-14,18-19H2,1H3,(H,36,41). The number of carbonyl (C=O) groups excluding carboxylic acids is 1. The first kappa shape index (κ1) is 27.6. The van der Waals surface area contributed by atoms with Gasteiger partial charge in [-0.25, -0.2) is 14.8 Å². The summed E-state index contributed by atoms with van der Waals surface area (Å²) in [6.07, 6.45) is -2.93. The van der Waals surface area contributed by atoms with Crippen LogP contribution in [0.1, 0.15) is 24.1 Å². The first-order valence-corrected chi connectivity index (χ1v) is 13.8. The Bertz CT molecular complexity index is 1710. The van der Waals surface area contributed by atoms with E-state index in [0.29, 0.717) is 32.5 Å². The van der Waals surface area contributed by atoms with Gasteiger partial charge in [-0.2, -0.15) is 22.8 Å². The van der Waals surface area contributed by atoms with Crippen molar-refractivity contribution in [1.29, 1.82) is 0 Å². The van der Waals surface area contributed by atoms with E-state index in [-0.39, 0.29) is 0 Å². The average Bonchev–Trinajstić information content (AvgIpc) is 3.38. The van der Waals surface area contributed by atoms with Gasteiger partial charge < -0.3 is 10.1 Å². The van der Waals surface area contributed by atoms with Crippen LogP contribution in [0.25, 0.3) is 39.1 Å². The molecule has 3 aromatic heterocycles. The Labute approximate surface area is 240 Å². The number of benzene rings is 2. The van der Waals surface area contributed by atoms with E-state index in [4.69, 9.17) is 9.72 Å². The number of hydrogen-bond acceptors (Lipinski definition) is 6. The maximum Gasteiger partial charge on any atom is 0.407 e. The molecule has 0 unspecified atom stereocenters. The monoisotopic (exact) mass is 574 g/mol. The molecule has 0 spiro atoms. The maximum atomic E-state index is 12.3. The number of alkyl halides is 3. The Hall–Kier alpha value is -4.51. The third-order valence-corrected chi connectivity index (χ3v) is 7.34. The summed E-state index contributed by atoms with van der Waals surface area (Å²) in [5.74, 6) is 0. The molecule has 11 heteroatoms. The summed E-state index contributed by atoms with van der Waals surface area (Å²) in [6.45, 7) is 2.60. The average molecular weight is 575 g/mol. The van der Waals surface area contributed by atoms with Gasteiger partial charge in [-0.1, -0.05) is 54.6 Å². The van der Waals surface area contributed by atoms with Crippen molar-refractivity contribution < 1.29 is 22.7 Å². The first-order chi connectivity index (χ1) is 20.2. The van der Waals surface area contributed by atoms with Crippen LogP contribution in [-0.4, -0.2) is 62.5 Å². The van der Waals surface area contributed by atoms with Gasteiger partial charge in [-0.3, -0.25) is 4.90 Å². The minimum absolute atomic E-state index is 0.396. The Kier molecular flexibility index (Phi) is 7.51. The smallest absolute Gasteiger partial charge is 0.407 e. The molecule has 2 aromatic carbocycles. The molecule has 0 aliphatic carbocycles. The molecule has 1 fully saturated rings. The number of fused-ring (bicyclic) bond motifs is 3. The molecule has 1 amide bonds. The molecule has 1 aliphatic rings. The number of piperidine rings is 1. The van der Waals surface area contributed by atoms with Crippen molar-refractivity contribution in [1.82, 2.24) is 29.8 Å². The molecule has 0 bridgehead atoms. The zero-order chi connectivity index (χ0) is 29.3. The van der Waals surface area contributed by atoms with Crippen LogP contribution >= 0.6 is 0 Å². The fraction of sp³-hybridized carbons (Fsp3) is 0.290. The number of pyridine rings is 1. The van der Waals surface area contributed by atoms with Crippen molar-refractivity contribution in [2.45, 2.75) is 38.6 Å². The lowest BCUT2D eigenvalue weighted by molar-refractivity contribution is -0.124. The summed E-state index contributed by atoms with van der Waals surface area (Å²) in [6, 6.07) is 22.5. The highest BCUT2D eigenvalue weighted by Gasteiger charge is 2.29. The van der Waals surface area contributed by atoms with Crippen LogP contribution in [0.4, 0.5) is 18.0 Å². The number of rotatable bonds is 6. The zero-order valence-electron chi connectivity index (χ0n) is 22.9. The summed E-state index contributed by atoms with van der Waals surface area (Å²) in [7, 11) is 0. The highest BCUT2D eigenvalue weighted by molar-refractivity contribution is 5.90. The number of nitrogens with one attached hydrogen (secondary N) is 1. The third kappa shape index (κ3) is 6.20. The number of likely N-dealkylation sites (tertiary alicyclic amines) is 1. The first-order valence-electron chi connectivity index (χ1n) is 13.8. The van der Waals surface area contributed by atoms with Gasteiger partial charge in [0, 0.05) is 48.4 Å². The fourth-order valence-electron chi connectivity index (χ4n) is 5.29. The molecule has 1 N–H and O–H groups in total. The predicted molar refractivity (Wildman–Crippen MR) is 153 cm³/mol. The lowest BCUT2D eigenvalue weighted by Crippen LogP contribution is -2.41. The summed E-state index contributed by atoms with van der Waals surface area (Å²) < 4.78 is 43.9. The van der Waals surface area contributed by atoms with Crippen molar-refractivity contribution in [3.63, 3.8) is 0 Å². The van der Waals surface area contributed by atoms with Gasteiger partial charge >= 0.3 is 12.3 Å². The van der Waals surface area contributed by atoms with Crippen LogP contribution in [0, 0.1) is 6.92 Å². The SMILES string of the molecule is Cc1cc2ncc3cc(-c4ccccc4)c(-c4ccc(CN5CCC(OC(=O)NCC(F)(F)F)CC5)cc4)nc3n2n1. The predicted octanol–water partition coefficient (Wildman–Crippen LogP) is 6.17. The Morgan fingerprint density at radius 2 is 1.76 bits per heavy atom. The van der Waals surface area contributed by atoms with Gasteiger partial charge in [0.2, 0.25) is 0 Å². The van der Waals surface area contributed by atoms with Crippen LogP contribution in [0.5, 0.6) is 0 Å². The number of aromatic nitrogens is 4. The third-order valence-electron chi connectivity index (χ3n) is 7.34. The van der Waals surface area contributed by atoms with E-state index in [1.165, 1.54) is 0 Å². The van der Waals surface area contributed by atoms with Gasteiger partial charge in [0.15, 0.2) is 11.3 Å². The summed E-state index contributed by atoms with van der Waals surface area (Å²) in [4.78, 5) is 23.6. The van der Waals surface area contributed by atoms with Gasteiger partial charge in [-0.05, 0) is 37.0 Å². The van der Waals surface area contributed by atoms with Gasteiger partial charge in [0.05, 0.1) is 11.4 Å². The van der Waals surface area contributed by atoms with E-state index in [1.807, 2.05) is 37.4 Å². The Morgan fingerprint density at radius 3 is 2.48 bits per heavy atom. The molecule has 0 saturated carbocycles. The van der Waals surface area contributed by atoms with E-state index in [0.717, 1.165) is 50.3 Å². The van der Waals surface area contributed by atoms with Gasteiger partial charge in [-0.15, -0.1) is 0 Å². The van der Waals surface area contributed by atoms with Crippen LogP contribution in [0.2, 0.25) is 0 Å². The number of alkyl carbamates (subject to hydrolysis) is 1.